The lowest BCUT2D eigenvalue weighted by Gasteiger charge is -2.27. The summed E-state index contributed by atoms with van der Waals surface area (Å²) in [4.78, 5) is 32.8. The number of carbonyl (C=O) groups is 2. The summed E-state index contributed by atoms with van der Waals surface area (Å²) in [6.45, 7) is 7.99. The molecular formula is C23H26N4O5. The van der Waals surface area contributed by atoms with Gasteiger partial charge in [0.2, 0.25) is 5.95 Å². The number of ether oxygens (including phenoxy) is 3. The number of hydrogen-bond donors (Lipinski definition) is 0. The van der Waals surface area contributed by atoms with Gasteiger partial charge in [-0.05, 0) is 20.8 Å². The predicted octanol–water partition coefficient (Wildman–Crippen LogP) is 2.89. The molecule has 0 radical (unpaired) electrons. The molecule has 0 unspecified atom stereocenters. The lowest BCUT2D eigenvalue weighted by molar-refractivity contribution is 0.0481. The van der Waals surface area contributed by atoms with Crippen molar-refractivity contribution in [2.45, 2.75) is 20.8 Å². The van der Waals surface area contributed by atoms with Crippen molar-refractivity contribution in [1.82, 2.24) is 14.6 Å². The summed E-state index contributed by atoms with van der Waals surface area (Å²) in [6, 6.07) is 9.52. The van der Waals surface area contributed by atoms with Crippen molar-refractivity contribution < 1.29 is 23.8 Å². The Hall–Kier alpha value is -3.46. The van der Waals surface area contributed by atoms with Crippen molar-refractivity contribution in [2.75, 3.05) is 44.4 Å². The van der Waals surface area contributed by atoms with Crippen molar-refractivity contribution >= 4 is 23.4 Å². The van der Waals surface area contributed by atoms with Crippen LogP contribution >= 0.6 is 0 Å². The van der Waals surface area contributed by atoms with E-state index in [9.17, 15) is 9.59 Å². The van der Waals surface area contributed by atoms with E-state index in [-0.39, 0.29) is 24.3 Å². The largest absolute Gasteiger partial charge is 0.462 e. The van der Waals surface area contributed by atoms with Gasteiger partial charge in [-0.2, -0.15) is 0 Å². The maximum Gasteiger partial charge on any atom is 0.341 e. The minimum atomic E-state index is -0.610. The lowest BCUT2D eigenvalue weighted by atomic mass is 10.1. The maximum absolute atomic E-state index is 13.0. The molecule has 0 atom stereocenters. The normalized spacial score (nSPS) is 13.9. The Morgan fingerprint density at radius 1 is 1.00 bits per heavy atom. The zero-order valence-corrected chi connectivity index (χ0v) is 18.5. The van der Waals surface area contributed by atoms with Crippen LogP contribution < -0.4 is 4.90 Å². The maximum atomic E-state index is 13.0. The Balaban J connectivity index is 2.05. The first kappa shape index (κ1) is 21.8. The lowest BCUT2D eigenvalue weighted by Crippen LogP contribution is -2.37. The molecule has 0 saturated carbocycles. The highest BCUT2D eigenvalue weighted by molar-refractivity contribution is 6.11. The van der Waals surface area contributed by atoms with Gasteiger partial charge < -0.3 is 19.1 Å². The van der Waals surface area contributed by atoms with E-state index >= 15 is 0 Å². The van der Waals surface area contributed by atoms with Crippen LogP contribution in [0.3, 0.4) is 0 Å². The van der Waals surface area contributed by atoms with Crippen LogP contribution in [0.2, 0.25) is 0 Å². The quantitative estimate of drug-likeness (QED) is 0.542. The fourth-order valence-corrected chi connectivity index (χ4v) is 3.84. The number of morpholine rings is 1. The van der Waals surface area contributed by atoms with Crippen LogP contribution in [-0.4, -0.2) is 66.1 Å². The second kappa shape index (κ2) is 9.35. The fraction of sp³-hybridized carbons (Fsp3) is 0.391. The highest BCUT2D eigenvalue weighted by atomic mass is 16.5. The van der Waals surface area contributed by atoms with Gasteiger partial charge in [0.1, 0.15) is 16.8 Å². The molecular weight excluding hydrogens is 412 g/mol. The highest BCUT2D eigenvalue weighted by Crippen LogP contribution is 2.33. The molecule has 0 N–H and O–H groups in total. The van der Waals surface area contributed by atoms with Crippen molar-refractivity contribution in [2.24, 2.45) is 0 Å². The summed E-state index contributed by atoms with van der Waals surface area (Å²) in [7, 11) is 0. The molecule has 9 nitrogen and oxygen atoms in total. The van der Waals surface area contributed by atoms with Crippen LogP contribution in [0.25, 0.3) is 16.8 Å². The van der Waals surface area contributed by atoms with Gasteiger partial charge in [0.25, 0.3) is 0 Å². The zero-order chi connectivity index (χ0) is 22.7. The van der Waals surface area contributed by atoms with E-state index < -0.39 is 11.9 Å². The Kier molecular flexibility index (Phi) is 6.36. The summed E-state index contributed by atoms with van der Waals surface area (Å²) >= 11 is 0. The minimum Gasteiger partial charge on any atom is -0.462 e. The summed E-state index contributed by atoms with van der Waals surface area (Å²) in [5.41, 5.74) is 2.53. The third-order valence-corrected chi connectivity index (χ3v) is 5.30. The predicted molar refractivity (Wildman–Crippen MR) is 118 cm³/mol. The molecule has 0 amide bonds. The molecule has 3 heterocycles. The first-order valence-corrected chi connectivity index (χ1v) is 10.7. The van der Waals surface area contributed by atoms with Crippen molar-refractivity contribution in [3.63, 3.8) is 0 Å². The summed E-state index contributed by atoms with van der Waals surface area (Å²) in [5.74, 6) is -0.699. The monoisotopic (exact) mass is 438 g/mol. The van der Waals surface area contributed by atoms with Crippen LogP contribution in [-0.2, 0) is 14.2 Å². The second-order valence-corrected chi connectivity index (χ2v) is 7.26. The number of esters is 2. The molecule has 168 valence electrons. The smallest absolute Gasteiger partial charge is 0.341 e. The molecule has 1 aliphatic rings. The number of benzene rings is 1. The fourth-order valence-electron chi connectivity index (χ4n) is 3.84. The molecule has 1 aliphatic heterocycles. The van der Waals surface area contributed by atoms with Crippen molar-refractivity contribution in [3.05, 3.63) is 47.2 Å². The van der Waals surface area contributed by atoms with Gasteiger partial charge in [-0.1, -0.05) is 30.3 Å². The van der Waals surface area contributed by atoms with Gasteiger partial charge in [0, 0.05) is 18.7 Å². The minimum absolute atomic E-state index is 0.121. The van der Waals surface area contributed by atoms with Gasteiger partial charge in [0.05, 0.1) is 37.7 Å². The molecule has 9 heteroatoms. The highest BCUT2D eigenvalue weighted by Gasteiger charge is 2.32. The first-order valence-electron chi connectivity index (χ1n) is 10.7. The Morgan fingerprint density at radius 2 is 1.62 bits per heavy atom. The van der Waals surface area contributed by atoms with Crippen LogP contribution in [0.5, 0.6) is 0 Å². The van der Waals surface area contributed by atoms with Gasteiger partial charge in [-0.3, -0.25) is 0 Å². The number of nitrogens with zero attached hydrogens (tertiary/aromatic N) is 4. The molecule has 1 saturated heterocycles. The molecule has 1 fully saturated rings. The Labute approximate surface area is 185 Å². The van der Waals surface area contributed by atoms with Gasteiger partial charge in [-0.25, -0.2) is 19.1 Å². The van der Waals surface area contributed by atoms with Crippen molar-refractivity contribution in [3.8, 4) is 11.3 Å². The zero-order valence-electron chi connectivity index (χ0n) is 18.5. The van der Waals surface area contributed by atoms with Crippen LogP contribution in [0.15, 0.2) is 30.3 Å². The molecule has 3 aromatic rings. The van der Waals surface area contributed by atoms with Crippen molar-refractivity contribution in [1.29, 1.82) is 0 Å². The number of anilines is 1. The van der Waals surface area contributed by atoms with E-state index in [0.717, 1.165) is 5.56 Å². The van der Waals surface area contributed by atoms with E-state index in [0.29, 0.717) is 49.2 Å². The molecule has 32 heavy (non-hydrogen) atoms. The van der Waals surface area contributed by atoms with Gasteiger partial charge in [0.15, 0.2) is 0 Å². The van der Waals surface area contributed by atoms with Gasteiger partial charge >= 0.3 is 11.9 Å². The summed E-state index contributed by atoms with van der Waals surface area (Å²) in [5, 5.41) is 4.71. The summed E-state index contributed by atoms with van der Waals surface area (Å²) < 4.78 is 17.6. The van der Waals surface area contributed by atoms with Gasteiger partial charge in [-0.15, -0.1) is 5.10 Å². The Morgan fingerprint density at radius 3 is 2.25 bits per heavy atom. The number of carbonyl (C=O) groups excluding carboxylic acids is 2. The third kappa shape index (κ3) is 3.91. The van der Waals surface area contributed by atoms with E-state index in [1.807, 2.05) is 35.2 Å². The summed E-state index contributed by atoms with van der Waals surface area (Å²) in [6.07, 6.45) is 0. The number of rotatable bonds is 6. The number of hydrogen-bond acceptors (Lipinski definition) is 8. The number of aryl methyl sites for hydroxylation is 1. The molecule has 1 aromatic carbocycles. The van der Waals surface area contributed by atoms with E-state index in [1.165, 1.54) is 0 Å². The number of fused-ring (bicyclic) bond motifs is 1. The molecule has 0 bridgehead atoms. The van der Waals surface area contributed by atoms with E-state index in [2.05, 4.69) is 0 Å². The average molecular weight is 438 g/mol. The molecule has 0 spiro atoms. The molecule has 4 rings (SSSR count). The molecule has 0 aliphatic carbocycles. The van der Waals surface area contributed by atoms with Crippen LogP contribution in [0.1, 0.15) is 40.3 Å². The third-order valence-electron chi connectivity index (χ3n) is 5.30. The van der Waals surface area contributed by atoms with Crippen LogP contribution in [0.4, 0.5) is 5.95 Å². The number of aromatic nitrogens is 3. The Bertz CT molecular complexity index is 1140. The van der Waals surface area contributed by atoms with E-state index in [4.69, 9.17) is 24.3 Å². The first-order chi connectivity index (χ1) is 15.6. The average Bonchev–Trinajstić information content (AvgIpc) is 3.12. The standard InChI is InChI=1S/C23H26N4O5/c1-4-31-21(28)17-15(3)27-20(18(17)22(29)32-5-2)19(16-9-7-6-8-10-16)24-23(25-27)26-11-13-30-14-12-26/h6-10H,4-5,11-14H2,1-3H3. The second-order valence-electron chi connectivity index (χ2n) is 7.26. The SMILES string of the molecule is CCOC(=O)c1c(C(=O)OCC)c2c(-c3ccccc3)nc(N3CCOCC3)nn2c1C. The van der Waals surface area contributed by atoms with E-state index in [1.54, 1.807) is 25.3 Å². The topological polar surface area (TPSA) is 95.3 Å². The molecule has 2 aromatic heterocycles. The van der Waals surface area contributed by atoms with Crippen LogP contribution in [0, 0.1) is 6.92 Å².